The Bertz CT molecular complexity index is 956. The van der Waals surface area contributed by atoms with Crippen molar-refractivity contribution in [2.75, 3.05) is 23.3 Å². The first-order valence-corrected chi connectivity index (χ1v) is 9.88. The average molecular weight is 398 g/mol. The van der Waals surface area contributed by atoms with E-state index >= 15 is 0 Å². The van der Waals surface area contributed by atoms with Gasteiger partial charge in [0.05, 0.1) is 12.8 Å². The number of nitrogens with one attached hydrogen (secondary N) is 1. The molecule has 28 heavy (non-hydrogen) atoms. The average Bonchev–Trinajstić information content (AvgIpc) is 3.20. The maximum atomic E-state index is 12.3. The third-order valence-electron chi connectivity index (χ3n) is 5.75. The molecule has 2 aromatic rings. The van der Waals surface area contributed by atoms with E-state index in [1.807, 2.05) is 18.2 Å². The van der Waals surface area contributed by atoms with Gasteiger partial charge < -0.3 is 14.6 Å². The second-order valence-corrected chi connectivity index (χ2v) is 7.92. The molecule has 8 heteroatoms. The molecule has 0 aromatic carbocycles. The summed E-state index contributed by atoms with van der Waals surface area (Å²) in [5.41, 5.74) is 1.25. The number of carbonyl (C=O) groups excluding carboxylic acids is 1. The molecule has 2 aliphatic carbocycles. The van der Waals surface area contributed by atoms with Gasteiger partial charge in [-0.05, 0) is 54.5 Å². The molecule has 1 aliphatic heterocycles. The summed E-state index contributed by atoms with van der Waals surface area (Å²) in [6, 6.07) is 3.72. The van der Waals surface area contributed by atoms with Gasteiger partial charge >= 0.3 is 0 Å². The highest BCUT2D eigenvalue weighted by Gasteiger charge is 2.41. The summed E-state index contributed by atoms with van der Waals surface area (Å²) >= 11 is 6.16. The third kappa shape index (κ3) is 3.30. The van der Waals surface area contributed by atoms with E-state index in [0.29, 0.717) is 30.3 Å². The zero-order valence-corrected chi connectivity index (χ0v) is 16.0. The number of hydrogen-bond acceptors (Lipinski definition) is 7. The quantitative estimate of drug-likeness (QED) is 0.847. The van der Waals surface area contributed by atoms with Gasteiger partial charge in [-0.3, -0.25) is 4.79 Å². The van der Waals surface area contributed by atoms with Crippen LogP contribution < -0.4 is 10.2 Å². The van der Waals surface area contributed by atoms with Crippen LogP contribution in [0, 0.1) is 17.8 Å². The number of hydrogen-bond donors (Lipinski definition) is 1. The monoisotopic (exact) mass is 397 g/mol. The van der Waals surface area contributed by atoms with E-state index in [4.69, 9.17) is 16.0 Å². The van der Waals surface area contributed by atoms with Crippen LogP contribution in [0.2, 0.25) is 5.28 Å². The number of carbonyl (C=O) groups is 1. The van der Waals surface area contributed by atoms with Crippen molar-refractivity contribution in [3.63, 3.8) is 0 Å². The summed E-state index contributed by atoms with van der Waals surface area (Å²) in [7, 11) is 0. The SMILES string of the molecule is O=C1C=CC=C2[C@H]3C[C@H](C[C@@H]12)CN(c1nc(Cl)nc(NCc2ccco2)n1)C3. The van der Waals surface area contributed by atoms with Crippen LogP contribution >= 0.6 is 11.6 Å². The Labute approximate surface area is 167 Å². The van der Waals surface area contributed by atoms with E-state index in [1.54, 1.807) is 12.3 Å². The highest BCUT2D eigenvalue weighted by molar-refractivity contribution is 6.28. The highest BCUT2D eigenvalue weighted by Crippen LogP contribution is 2.44. The Morgan fingerprint density at radius 3 is 3.04 bits per heavy atom. The predicted molar refractivity (Wildman–Crippen MR) is 105 cm³/mol. The molecule has 3 aliphatic rings. The molecule has 0 spiro atoms. The first-order chi connectivity index (χ1) is 13.7. The van der Waals surface area contributed by atoms with Gasteiger partial charge in [0.1, 0.15) is 5.76 Å². The zero-order chi connectivity index (χ0) is 19.1. The first-order valence-electron chi connectivity index (χ1n) is 9.50. The smallest absolute Gasteiger partial charge is 0.231 e. The van der Waals surface area contributed by atoms with Crippen LogP contribution in [-0.2, 0) is 11.3 Å². The fourth-order valence-corrected chi connectivity index (χ4v) is 4.73. The lowest BCUT2D eigenvalue weighted by molar-refractivity contribution is -0.118. The van der Waals surface area contributed by atoms with E-state index < -0.39 is 0 Å². The number of nitrogens with zero attached hydrogens (tertiary/aromatic N) is 4. The van der Waals surface area contributed by atoms with Crippen molar-refractivity contribution in [1.82, 2.24) is 15.0 Å². The van der Waals surface area contributed by atoms with E-state index in [1.165, 1.54) is 5.57 Å². The molecule has 0 unspecified atom stereocenters. The van der Waals surface area contributed by atoms with E-state index in [9.17, 15) is 4.79 Å². The summed E-state index contributed by atoms with van der Waals surface area (Å²) in [4.78, 5) is 27.5. The summed E-state index contributed by atoms with van der Waals surface area (Å²) in [5, 5.41) is 3.30. The number of anilines is 2. The normalized spacial score (nSPS) is 26.0. The minimum Gasteiger partial charge on any atom is -0.467 e. The van der Waals surface area contributed by atoms with Gasteiger partial charge in [-0.1, -0.05) is 17.7 Å². The van der Waals surface area contributed by atoms with Gasteiger partial charge in [0, 0.05) is 19.0 Å². The topological polar surface area (TPSA) is 84.2 Å². The van der Waals surface area contributed by atoms with Crippen LogP contribution in [-0.4, -0.2) is 33.8 Å². The van der Waals surface area contributed by atoms with Crippen LogP contribution in [0.25, 0.3) is 0 Å². The largest absolute Gasteiger partial charge is 0.467 e. The fourth-order valence-electron chi connectivity index (χ4n) is 4.58. The maximum Gasteiger partial charge on any atom is 0.231 e. The summed E-state index contributed by atoms with van der Waals surface area (Å²) < 4.78 is 5.32. The summed E-state index contributed by atoms with van der Waals surface area (Å²) in [5.74, 6) is 2.89. The van der Waals surface area contributed by atoms with Crippen molar-refractivity contribution < 1.29 is 9.21 Å². The third-order valence-corrected chi connectivity index (χ3v) is 5.92. The molecule has 144 valence electrons. The Morgan fingerprint density at radius 1 is 1.25 bits per heavy atom. The molecule has 1 saturated carbocycles. The second-order valence-electron chi connectivity index (χ2n) is 7.58. The van der Waals surface area contributed by atoms with Gasteiger partial charge in [0.2, 0.25) is 17.2 Å². The standard InChI is InChI=1S/C20H20ClN5O2/c21-18-23-19(22-9-14-3-2-6-28-14)25-20(24-18)26-10-12-7-13(11-26)15-4-1-5-17(27)16(15)8-12/h1-6,12-13,16H,7-11H2,(H,22,23,24,25)/t12-,13+,16-/m1/s1. The minimum absolute atomic E-state index is 0.0587. The highest BCUT2D eigenvalue weighted by atomic mass is 35.5. The number of aromatic nitrogens is 3. The Morgan fingerprint density at radius 2 is 2.18 bits per heavy atom. The van der Waals surface area contributed by atoms with E-state index in [-0.39, 0.29) is 17.0 Å². The molecule has 0 amide bonds. The summed E-state index contributed by atoms with van der Waals surface area (Å²) in [6.07, 6.45) is 9.34. The van der Waals surface area contributed by atoms with E-state index in [2.05, 4.69) is 31.2 Å². The van der Waals surface area contributed by atoms with Gasteiger partial charge in [-0.2, -0.15) is 15.0 Å². The molecule has 1 saturated heterocycles. The van der Waals surface area contributed by atoms with Crippen molar-refractivity contribution in [2.24, 2.45) is 17.8 Å². The molecule has 2 fully saturated rings. The van der Waals surface area contributed by atoms with Gasteiger partial charge in [-0.15, -0.1) is 0 Å². The first kappa shape index (κ1) is 17.4. The number of piperidine rings is 1. The Balaban J connectivity index is 1.36. The molecule has 7 nitrogen and oxygen atoms in total. The molecular weight excluding hydrogens is 378 g/mol. The number of rotatable bonds is 4. The van der Waals surface area contributed by atoms with Crippen LogP contribution in [0.5, 0.6) is 0 Å². The Hall–Kier alpha value is -2.67. The van der Waals surface area contributed by atoms with Crippen molar-refractivity contribution >= 4 is 29.3 Å². The van der Waals surface area contributed by atoms with E-state index in [0.717, 1.165) is 31.7 Å². The molecular formula is C20H20ClN5O2. The molecule has 2 bridgehead atoms. The molecule has 1 N–H and O–H groups in total. The number of fused-ring (bicyclic) bond motifs is 4. The van der Waals surface area contributed by atoms with Crippen LogP contribution in [0.15, 0.2) is 46.6 Å². The van der Waals surface area contributed by atoms with Crippen LogP contribution in [0.4, 0.5) is 11.9 Å². The molecule has 5 rings (SSSR count). The summed E-state index contributed by atoms with van der Waals surface area (Å²) in [6.45, 7) is 2.09. The van der Waals surface area contributed by atoms with Gasteiger partial charge in [0.25, 0.3) is 0 Å². The fraction of sp³-hybridized carbons (Fsp3) is 0.400. The van der Waals surface area contributed by atoms with Crippen molar-refractivity contribution in [1.29, 1.82) is 0 Å². The van der Waals surface area contributed by atoms with Crippen molar-refractivity contribution in [3.8, 4) is 0 Å². The second kappa shape index (κ2) is 7.05. The number of halogens is 1. The van der Waals surface area contributed by atoms with Gasteiger partial charge in [0.15, 0.2) is 5.78 Å². The molecule has 2 aromatic heterocycles. The van der Waals surface area contributed by atoms with Gasteiger partial charge in [-0.25, -0.2) is 0 Å². The maximum absolute atomic E-state index is 12.3. The minimum atomic E-state index is 0.0587. The number of furan rings is 1. The van der Waals surface area contributed by atoms with Crippen LogP contribution in [0.3, 0.4) is 0 Å². The van der Waals surface area contributed by atoms with Crippen molar-refractivity contribution in [2.45, 2.75) is 19.4 Å². The lowest BCUT2D eigenvalue weighted by Crippen LogP contribution is -2.48. The zero-order valence-electron chi connectivity index (χ0n) is 15.2. The lowest BCUT2D eigenvalue weighted by atomic mass is 9.66. The van der Waals surface area contributed by atoms with Crippen molar-refractivity contribution in [3.05, 3.63) is 53.2 Å². The molecule has 3 atom stereocenters. The number of allylic oxidation sites excluding steroid dienone is 3. The predicted octanol–water partition coefficient (Wildman–Crippen LogP) is 3.26. The molecule has 3 heterocycles. The van der Waals surface area contributed by atoms with Crippen LogP contribution in [0.1, 0.15) is 18.6 Å². The Kier molecular flexibility index (Phi) is 4.39. The molecule has 0 radical (unpaired) electrons. The number of ketones is 1. The lowest BCUT2D eigenvalue weighted by Gasteiger charge is -2.45.